The van der Waals surface area contributed by atoms with E-state index in [9.17, 15) is 5.11 Å². The highest BCUT2D eigenvalue weighted by atomic mass is 79.9. The summed E-state index contributed by atoms with van der Waals surface area (Å²) in [6.45, 7) is 0. The van der Waals surface area contributed by atoms with Gasteiger partial charge in [0.25, 0.3) is 0 Å². The van der Waals surface area contributed by atoms with Crippen LogP contribution in [0, 0.1) is 0 Å². The molecule has 1 N–H and O–H groups in total. The number of methoxy groups -OCH3 is 1. The van der Waals surface area contributed by atoms with E-state index in [1.165, 1.54) is 36.0 Å². The Bertz CT molecular complexity index is 652. The molecule has 110 valence electrons. The van der Waals surface area contributed by atoms with Gasteiger partial charge < -0.3 is 9.84 Å². The fraction of sp³-hybridized carbons (Fsp3) is 0.333. The largest absolute Gasteiger partial charge is 0.496 e. The summed E-state index contributed by atoms with van der Waals surface area (Å²) in [5.41, 5.74) is 4.92. The fourth-order valence-electron chi connectivity index (χ4n) is 3.05. The number of benzene rings is 2. The normalized spacial score (nSPS) is 14.8. The van der Waals surface area contributed by atoms with Crippen molar-refractivity contribution in [3.05, 3.63) is 63.1 Å². The van der Waals surface area contributed by atoms with Crippen molar-refractivity contribution in [3.8, 4) is 5.75 Å². The first-order valence-corrected chi connectivity index (χ1v) is 8.09. The standard InChI is InChI=1S/C18H19BrO2/c1-21-18-8-7-15(19)11-16(18)17(20)10-12-5-6-13-3-2-4-14(13)9-12/h5-9,11,17,20H,2-4,10H2,1H3. The van der Waals surface area contributed by atoms with Gasteiger partial charge in [0.2, 0.25) is 0 Å². The van der Waals surface area contributed by atoms with E-state index >= 15 is 0 Å². The summed E-state index contributed by atoms with van der Waals surface area (Å²) in [4.78, 5) is 0. The molecule has 1 aliphatic rings. The highest BCUT2D eigenvalue weighted by molar-refractivity contribution is 9.10. The quantitative estimate of drug-likeness (QED) is 0.897. The molecule has 0 aromatic heterocycles. The minimum absolute atomic E-state index is 0.558. The summed E-state index contributed by atoms with van der Waals surface area (Å²) in [6.07, 6.45) is 3.66. The third-order valence-corrected chi connectivity index (χ3v) is 4.64. The van der Waals surface area contributed by atoms with Crippen molar-refractivity contribution in [1.29, 1.82) is 0 Å². The summed E-state index contributed by atoms with van der Waals surface area (Å²) in [6, 6.07) is 12.3. The number of rotatable bonds is 4. The molecule has 1 atom stereocenters. The first-order chi connectivity index (χ1) is 10.2. The Hall–Kier alpha value is -1.32. The predicted octanol–water partition coefficient (Wildman–Crippen LogP) is 4.22. The van der Waals surface area contributed by atoms with Gasteiger partial charge in [-0.15, -0.1) is 0 Å². The molecule has 1 aliphatic carbocycles. The third kappa shape index (κ3) is 3.14. The molecule has 3 heteroatoms. The van der Waals surface area contributed by atoms with E-state index in [1.54, 1.807) is 7.11 Å². The number of aliphatic hydroxyl groups is 1. The molecule has 0 saturated carbocycles. The maximum absolute atomic E-state index is 10.6. The number of ether oxygens (including phenoxy) is 1. The van der Waals surface area contributed by atoms with Crippen molar-refractivity contribution in [2.45, 2.75) is 31.8 Å². The van der Waals surface area contributed by atoms with Gasteiger partial charge in [-0.1, -0.05) is 34.1 Å². The van der Waals surface area contributed by atoms with E-state index in [1.807, 2.05) is 18.2 Å². The lowest BCUT2D eigenvalue weighted by Gasteiger charge is -2.16. The second-order valence-corrected chi connectivity index (χ2v) is 6.48. The van der Waals surface area contributed by atoms with Gasteiger partial charge in [-0.2, -0.15) is 0 Å². The fourth-order valence-corrected chi connectivity index (χ4v) is 3.43. The van der Waals surface area contributed by atoms with Crippen molar-refractivity contribution in [3.63, 3.8) is 0 Å². The van der Waals surface area contributed by atoms with Gasteiger partial charge in [-0.25, -0.2) is 0 Å². The van der Waals surface area contributed by atoms with Gasteiger partial charge in [0.15, 0.2) is 0 Å². The molecule has 1 unspecified atom stereocenters. The number of aliphatic hydroxyl groups excluding tert-OH is 1. The lowest BCUT2D eigenvalue weighted by Crippen LogP contribution is -2.04. The Kier molecular flexibility index (Phi) is 4.32. The third-order valence-electron chi connectivity index (χ3n) is 4.14. The zero-order chi connectivity index (χ0) is 14.8. The molecule has 0 heterocycles. The van der Waals surface area contributed by atoms with Crippen LogP contribution in [0.2, 0.25) is 0 Å². The van der Waals surface area contributed by atoms with Crippen LogP contribution >= 0.6 is 15.9 Å². The van der Waals surface area contributed by atoms with E-state index in [2.05, 4.69) is 34.1 Å². The molecule has 2 aromatic rings. The lowest BCUT2D eigenvalue weighted by atomic mass is 9.98. The van der Waals surface area contributed by atoms with Crippen LogP contribution in [0.25, 0.3) is 0 Å². The van der Waals surface area contributed by atoms with E-state index in [-0.39, 0.29) is 0 Å². The van der Waals surface area contributed by atoms with Crippen LogP contribution in [0.5, 0.6) is 5.75 Å². The predicted molar refractivity (Wildman–Crippen MR) is 87.8 cm³/mol. The molecule has 0 aliphatic heterocycles. The van der Waals surface area contributed by atoms with Crippen LogP contribution < -0.4 is 4.74 Å². The Morgan fingerprint density at radius 3 is 2.76 bits per heavy atom. The van der Waals surface area contributed by atoms with Crippen molar-refractivity contribution in [2.75, 3.05) is 7.11 Å². The Labute approximate surface area is 133 Å². The molecule has 0 bridgehead atoms. The van der Waals surface area contributed by atoms with Crippen LogP contribution in [0.4, 0.5) is 0 Å². The monoisotopic (exact) mass is 346 g/mol. The van der Waals surface area contributed by atoms with Gasteiger partial charge in [-0.3, -0.25) is 0 Å². The van der Waals surface area contributed by atoms with Crippen molar-refractivity contribution >= 4 is 15.9 Å². The van der Waals surface area contributed by atoms with Gasteiger partial charge in [-0.05, 0) is 54.2 Å². The Morgan fingerprint density at radius 1 is 1.14 bits per heavy atom. The first-order valence-electron chi connectivity index (χ1n) is 7.29. The van der Waals surface area contributed by atoms with Crippen molar-refractivity contribution in [2.24, 2.45) is 0 Å². The second kappa shape index (κ2) is 6.20. The average molecular weight is 347 g/mol. The van der Waals surface area contributed by atoms with Gasteiger partial charge in [0.05, 0.1) is 13.2 Å². The summed E-state index contributed by atoms with van der Waals surface area (Å²) >= 11 is 3.45. The maximum Gasteiger partial charge on any atom is 0.124 e. The molecular weight excluding hydrogens is 328 g/mol. The molecule has 0 amide bonds. The Morgan fingerprint density at radius 2 is 1.95 bits per heavy atom. The van der Waals surface area contributed by atoms with E-state index in [0.717, 1.165) is 15.8 Å². The number of hydrogen-bond acceptors (Lipinski definition) is 2. The molecule has 3 rings (SSSR count). The minimum Gasteiger partial charge on any atom is -0.496 e. The molecular formula is C18H19BrO2. The Balaban J connectivity index is 1.83. The second-order valence-electron chi connectivity index (χ2n) is 5.56. The van der Waals surface area contributed by atoms with E-state index in [0.29, 0.717) is 6.42 Å². The number of fused-ring (bicyclic) bond motifs is 1. The van der Waals surface area contributed by atoms with Crippen molar-refractivity contribution < 1.29 is 9.84 Å². The summed E-state index contributed by atoms with van der Waals surface area (Å²) in [5.74, 6) is 0.729. The van der Waals surface area contributed by atoms with Crippen LogP contribution in [0.1, 0.15) is 34.8 Å². The molecule has 0 fully saturated rings. The maximum atomic E-state index is 10.6. The zero-order valence-corrected chi connectivity index (χ0v) is 13.7. The summed E-state index contributed by atoms with van der Waals surface area (Å²) in [7, 11) is 1.63. The highest BCUT2D eigenvalue weighted by Gasteiger charge is 2.16. The first kappa shape index (κ1) is 14.6. The van der Waals surface area contributed by atoms with E-state index < -0.39 is 6.10 Å². The lowest BCUT2D eigenvalue weighted by molar-refractivity contribution is 0.174. The van der Waals surface area contributed by atoms with Crippen LogP contribution in [-0.4, -0.2) is 12.2 Å². The van der Waals surface area contributed by atoms with Crippen LogP contribution in [-0.2, 0) is 19.3 Å². The number of aryl methyl sites for hydroxylation is 2. The molecule has 2 nitrogen and oxygen atoms in total. The van der Waals surface area contributed by atoms with E-state index in [4.69, 9.17) is 4.74 Å². The van der Waals surface area contributed by atoms with Gasteiger partial charge in [0, 0.05) is 16.5 Å². The van der Waals surface area contributed by atoms with Gasteiger partial charge in [0.1, 0.15) is 5.75 Å². The smallest absolute Gasteiger partial charge is 0.124 e. The van der Waals surface area contributed by atoms with Gasteiger partial charge >= 0.3 is 0 Å². The van der Waals surface area contributed by atoms with Crippen molar-refractivity contribution in [1.82, 2.24) is 0 Å². The SMILES string of the molecule is COc1ccc(Br)cc1C(O)Cc1ccc2c(c1)CCC2. The topological polar surface area (TPSA) is 29.5 Å². The minimum atomic E-state index is -0.558. The molecule has 21 heavy (non-hydrogen) atoms. The average Bonchev–Trinajstić information content (AvgIpc) is 2.94. The molecule has 0 saturated heterocycles. The zero-order valence-electron chi connectivity index (χ0n) is 12.1. The number of hydrogen-bond donors (Lipinski definition) is 1. The molecule has 0 radical (unpaired) electrons. The van der Waals surface area contributed by atoms with Crippen LogP contribution in [0.3, 0.4) is 0 Å². The molecule has 0 spiro atoms. The summed E-state index contributed by atoms with van der Waals surface area (Å²) < 4.78 is 6.30. The number of halogens is 1. The summed E-state index contributed by atoms with van der Waals surface area (Å²) in [5, 5.41) is 10.6. The molecule has 2 aromatic carbocycles. The van der Waals surface area contributed by atoms with Crippen LogP contribution in [0.15, 0.2) is 40.9 Å². The highest BCUT2D eigenvalue weighted by Crippen LogP contribution is 2.31.